The van der Waals surface area contributed by atoms with Gasteiger partial charge in [-0.25, -0.2) is 9.18 Å². The number of aliphatic carboxylic acids is 1. The number of halogens is 1. The molecule has 3 rings (SSSR count). The van der Waals surface area contributed by atoms with Crippen LogP contribution in [0.1, 0.15) is 51.8 Å². The molecule has 0 spiro atoms. The number of aromatic hydroxyl groups is 1. The smallest absolute Gasteiger partial charge is 1.00 e. The molecule has 0 aliphatic heterocycles. The maximum Gasteiger partial charge on any atom is 1.00 e. The number of carboxylic acid groups (broad SMARTS) is 1. The van der Waals surface area contributed by atoms with E-state index in [9.17, 15) is 24.5 Å². The van der Waals surface area contributed by atoms with Crippen molar-refractivity contribution < 1.29 is 95.6 Å². The Morgan fingerprint density at radius 2 is 1.85 bits per heavy atom. The van der Waals surface area contributed by atoms with Crippen molar-refractivity contribution in [3.05, 3.63) is 89.1 Å². The monoisotopic (exact) mass is 488 g/mol. The fourth-order valence-electron chi connectivity index (χ4n) is 3.49. The number of furan rings is 1. The van der Waals surface area contributed by atoms with Crippen LogP contribution in [0.25, 0.3) is 5.57 Å². The van der Waals surface area contributed by atoms with E-state index in [1.165, 1.54) is 30.7 Å². The number of hydrogen-bond acceptors (Lipinski definition) is 5. The average molecular weight is 488 g/mol. The van der Waals surface area contributed by atoms with Crippen molar-refractivity contribution in [1.82, 2.24) is 0 Å². The minimum Gasteiger partial charge on any atom is -1.00 e. The van der Waals surface area contributed by atoms with Gasteiger partial charge in [0, 0.05) is 28.8 Å². The molecule has 1 heterocycles. The average Bonchev–Trinajstić information content (AvgIpc) is 3.30. The van der Waals surface area contributed by atoms with Gasteiger partial charge in [0.05, 0.1) is 18.1 Å². The summed E-state index contributed by atoms with van der Waals surface area (Å²) in [5.74, 6) is -1.55. The van der Waals surface area contributed by atoms with Crippen LogP contribution in [0.4, 0.5) is 4.39 Å². The van der Waals surface area contributed by atoms with E-state index < -0.39 is 17.4 Å². The van der Waals surface area contributed by atoms with Crippen molar-refractivity contribution in [3.63, 3.8) is 0 Å². The molecule has 0 radical (unpaired) electrons. The molecule has 0 unspecified atom stereocenters. The first-order chi connectivity index (χ1) is 15.3. The molecule has 0 aliphatic rings. The molecular formula is C25H27FNa2O6. The Hall–Kier alpha value is -1.58. The minimum atomic E-state index is -1.16. The number of aliphatic hydroxyl groups is 1. The first-order valence-electron chi connectivity index (χ1n) is 10.2. The zero-order valence-electron chi connectivity index (χ0n) is 21.8. The van der Waals surface area contributed by atoms with Crippen molar-refractivity contribution >= 4 is 11.5 Å². The number of ether oxygens (including phenoxy) is 1. The van der Waals surface area contributed by atoms with Crippen molar-refractivity contribution in [3.8, 4) is 11.5 Å². The van der Waals surface area contributed by atoms with Crippen molar-refractivity contribution in [2.24, 2.45) is 0 Å². The van der Waals surface area contributed by atoms with Crippen LogP contribution in [0.5, 0.6) is 11.5 Å². The van der Waals surface area contributed by atoms with Crippen molar-refractivity contribution in [2.45, 2.75) is 38.9 Å². The number of phenols is 1. The van der Waals surface area contributed by atoms with Crippen LogP contribution in [0.2, 0.25) is 0 Å². The summed E-state index contributed by atoms with van der Waals surface area (Å²) < 4.78 is 24.8. The number of phenolic OH excluding ortho intramolecular Hbond substituents is 1. The van der Waals surface area contributed by atoms with E-state index in [0.29, 0.717) is 40.7 Å². The number of hydrogen-bond donors (Lipinski definition) is 3. The molecule has 6 nitrogen and oxygen atoms in total. The zero-order chi connectivity index (χ0) is 23.3. The second-order valence-corrected chi connectivity index (χ2v) is 7.46. The largest absolute Gasteiger partial charge is 1.00 e. The van der Waals surface area contributed by atoms with E-state index in [1.54, 1.807) is 24.3 Å². The van der Waals surface area contributed by atoms with Crippen LogP contribution >= 0.6 is 0 Å². The van der Waals surface area contributed by atoms with Gasteiger partial charge < -0.3 is 27.3 Å². The number of benzene rings is 2. The molecular weight excluding hydrogens is 461 g/mol. The second-order valence-electron chi connectivity index (χ2n) is 7.46. The van der Waals surface area contributed by atoms with Crippen LogP contribution in [-0.2, 0) is 17.0 Å². The number of carbonyl (C=O) groups is 1. The summed E-state index contributed by atoms with van der Waals surface area (Å²) >= 11 is 0. The van der Waals surface area contributed by atoms with Crippen molar-refractivity contribution in [1.29, 1.82) is 0 Å². The summed E-state index contributed by atoms with van der Waals surface area (Å²) in [5, 5.41) is 30.4. The quantitative estimate of drug-likeness (QED) is 0.277. The Morgan fingerprint density at radius 1 is 1.15 bits per heavy atom. The predicted molar refractivity (Wildman–Crippen MR) is 119 cm³/mol. The van der Waals surface area contributed by atoms with Crippen LogP contribution in [0, 0.1) is 5.82 Å². The summed E-state index contributed by atoms with van der Waals surface area (Å²) in [6.07, 6.45) is 4.67. The molecule has 34 heavy (non-hydrogen) atoms. The van der Waals surface area contributed by atoms with Gasteiger partial charge in [-0.15, -0.1) is 0 Å². The molecule has 0 saturated heterocycles. The predicted octanol–water partition coefficient (Wildman–Crippen LogP) is -0.540. The zero-order valence-corrected chi connectivity index (χ0v) is 23.8. The molecule has 9 heteroatoms. The molecule has 0 aliphatic carbocycles. The summed E-state index contributed by atoms with van der Waals surface area (Å²) in [5.41, 5.74) is 1.03. The minimum absolute atomic E-state index is 0. The molecule has 3 N–H and O–H groups in total. The SMILES string of the molecule is CCC(O)(CC)c1cc(F)cc(OCc2ccc(/C(=C\C(=O)O)c3ccoc3)c(O)c2)c1.[H-].[H-].[Na+].[Na+]. The Bertz CT molecular complexity index is 1140. The summed E-state index contributed by atoms with van der Waals surface area (Å²) in [7, 11) is 0. The van der Waals surface area contributed by atoms with Crippen LogP contribution in [-0.4, -0.2) is 21.3 Å². The first-order valence-corrected chi connectivity index (χ1v) is 10.2. The van der Waals surface area contributed by atoms with Gasteiger partial charge >= 0.3 is 65.1 Å². The van der Waals surface area contributed by atoms with E-state index in [2.05, 4.69) is 0 Å². The molecule has 2 aromatic carbocycles. The third kappa shape index (κ3) is 7.46. The maximum atomic E-state index is 14.1. The fourth-order valence-corrected chi connectivity index (χ4v) is 3.49. The Balaban J connectivity index is 0. The molecule has 1 aromatic heterocycles. The number of carboxylic acids is 1. The second kappa shape index (κ2) is 13.5. The Labute approximate surface area is 245 Å². The molecule has 0 bridgehead atoms. The molecule has 172 valence electrons. The van der Waals surface area contributed by atoms with Crippen LogP contribution in [0.15, 0.2) is 65.5 Å². The van der Waals surface area contributed by atoms with Gasteiger partial charge in [-0.1, -0.05) is 26.0 Å². The summed E-state index contributed by atoms with van der Waals surface area (Å²) in [6.45, 7) is 3.70. The topological polar surface area (TPSA) is 100 Å². The third-order valence-corrected chi connectivity index (χ3v) is 5.44. The molecule has 0 fully saturated rings. The van der Waals surface area contributed by atoms with Gasteiger partial charge in [0.1, 0.15) is 23.9 Å². The van der Waals surface area contributed by atoms with E-state index in [1.807, 2.05) is 13.8 Å². The van der Waals surface area contributed by atoms with E-state index in [4.69, 9.17) is 9.15 Å². The van der Waals surface area contributed by atoms with E-state index >= 15 is 0 Å². The molecule has 0 saturated carbocycles. The van der Waals surface area contributed by atoms with Gasteiger partial charge in [0.2, 0.25) is 0 Å². The summed E-state index contributed by atoms with van der Waals surface area (Å²) in [4.78, 5) is 11.2. The van der Waals surface area contributed by atoms with Gasteiger partial charge in [-0.05, 0) is 48.2 Å². The molecule has 0 amide bonds. The van der Waals surface area contributed by atoms with Gasteiger partial charge in [0.15, 0.2) is 0 Å². The van der Waals surface area contributed by atoms with Gasteiger partial charge in [-0.2, -0.15) is 0 Å². The Kier molecular flexibility index (Phi) is 12.1. The molecule has 3 aromatic rings. The maximum absolute atomic E-state index is 14.1. The first kappa shape index (κ1) is 30.5. The fraction of sp³-hybridized carbons (Fsp3) is 0.240. The van der Waals surface area contributed by atoms with E-state index in [0.717, 1.165) is 6.08 Å². The van der Waals surface area contributed by atoms with Crippen molar-refractivity contribution in [2.75, 3.05) is 0 Å². The number of rotatable bonds is 9. The standard InChI is InChI=1S/C25H25FO6.2Na.2H/c1-3-25(30,4-2)18-10-19(26)12-20(11-18)32-14-16-5-6-21(23(27)9-16)22(13-24(28)29)17-7-8-31-15-17;;;;/h5-13,15,27,30H,3-4,14H2,1-2H3,(H,28,29);;;;/q;2*+1;2*-1/b22-13-;;;;. The van der Waals surface area contributed by atoms with Gasteiger partial charge in [0.25, 0.3) is 0 Å². The van der Waals surface area contributed by atoms with Crippen LogP contribution < -0.4 is 63.9 Å². The summed E-state index contributed by atoms with van der Waals surface area (Å²) in [6, 6.07) is 10.5. The third-order valence-electron chi connectivity index (χ3n) is 5.44. The van der Waals surface area contributed by atoms with E-state index in [-0.39, 0.29) is 80.1 Å². The molecule has 0 atom stereocenters. The van der Waals surface area contributed by atoms with Gasteiger partial charge in [-0.3, -0.25) is 0 Å². The normalized spacial score (nSPS) is 11.4. The Morgan fingerprint density at radius 3 is 2.41 bits per heavy atom. The van der Waals surface area contributed by atoms with Crippen LogP contribution in [0.3, 0.4) is 0 Å².